The average Bonchev–Trinajstić information content (AvgIpc) is 2.88. The molecule has 1 aromatic heterocycles. The van der Waals surface area contributed by atoms with Crippen LogP contribution < -0.4 is 10.6 Å². The number of nitrogen functional groups attached to an aromatic ring is 1. The molecule has 0 saturated heterocycles. The van der Waals surface area contributed by atoms with Crippen LogP contribution in [-0.2, 0) is 6.42 Å². The van der Waals surface area contributed by atoms with Gasteiger partial charge in [-0.25, -0.2) is 0 Å². The van der Waals surface area contributed by atoms with E-state index in [4.69, 9.17) is 10.2 Å². The predicted molar refractivity (Wildman–Crippen MR) is 76.3 cm³/mol. The van der Waals surface area contributed by atoms with Crippen LogP contribution in [0.25, 0.3) is 0 Å². The molecule has 0 atom stereocenters. The quantitative estimate of drug-likeness (QED) is 0.857. The van der Waals surface area contributed by atoms with Crippen molar-refractivity contribution in [2.24, 2.45) is 0 Å². The topological polar surface area (TPSA) is 59.5 Å². The molecular weight excluding hydrogens is 240 g/mol. The van der Waals surface area contributed by atoms with E-state index in [-0.39, 0.29) is 5.91 Å². The van der Waals surface area contributed by atoms with Gasteiger partial charge in [0.1, 0.15) is 5.76 Å². The van der Waals surface area contributed by atoms with Crippen molar-refractivity contribution in [1.82, 2.24) is 0 Å². The molecule has 0 bridgehead atoms. The smallest absolute Gasteiger partial charge is 0.293 e. The van der Waals surface area contributed by atoms with Gasteiger partial charge >= 0.3 is 0 Å². The minimum Gasteiger partial charge on any atom is -0.456 e. The first-order chi connectivity index (χ1) is 9.15. The lowest BCUT2D eigenvalue weighted by Crippen LogP contribution is -2.30. The van der Waals surface area contributed by atoms with Crippen molar-refractivity contribution in [3.63, 3.8) is 0 Å². The summed E-state index contributed by atoms with van der Waals surface area (Å²) in [6, 6.07) is 10.8. The van der Waals surface area contributed by atoms with Crippen molar-refractivity contribution in [2.45, 2.75) is 20.3 Å². The highest BCUT2D eigenvalue weighted by Crippen LogP contribution is 2.20. The molecular formula is C15H18N2O2. The maximum Gasteiger partial charge on any atom is 0.293 e. The van der Waals surface area contributed by atoms with E-state index in [1.165, 1.54) is 0 Å². The minimum absolute atomic E-state index is 0.146. The molecule has 1 amide bonds. The van der Waals surface area contributed by atoms with Crippen molar-refractivity contribution in [2.75, 3.05) is 17.2 Å². The first-order valence-electron chi connectivity index (χ1n) is 6.41. The van der Waals surface area contributed by atoms with Gasteiger partial charge in [0.25, 0.3) is 5.91 Å². The van der Waals surface area contributed by atoms with Gasteiger partial charge in [-0.2, -0.15) is 0 Å². The van der Waals surface area contributed by atoms with Gasteiger partial charge in [-0.15, -0.1) is 0 Å². The second-order valence-electron chi connectivity index (χ2n) is 4.26. The van der Waals surface area contributed by atoms with Gasteiger partial charge in [0.05, 0.1) is 0 Å². The SMILES string of the molecule is CCc1ccc(C(=O)N(CC)c2cccc(N)c2)o1. The Morgan fingerprint density at radius 2 is 2.05 bits per heavy atom. The summed E-state index contributed by atoms with van der Waals surface area (Å²) in [4.78, 5) is 14.1. The molecule has 4 nitrogen and oxygen atoms in total. The molecule has 2 rings (SSSR count). The summed E-state index contributed by atoms with van der Waals surface area (Å²) in [6.45, 7) is 4.47. The van der Waals surface area contributed by atoms with Crippen LogP contribution in [0.2, 0.25) is 0 Å². The van der Waals surface area contributed by atoms with Crippen LogP contribution in [0, 0.1) is 0 Å². The zero-order valence-corrected chi connectivity index (χ0v) is 11.2. The number of amides is 1. The number of anilines is 2. The fourth-order valence-electron chi connectivity index (χ4n) is 1.95. The Kier molecular flexibility index (Phi) is 3.90. The van der Waals surface area contributed by atoms with Crippen LogP contribution in [-0.4, -0.2) is 12.5 Å². The van der Waals surface area contributed by atoms with Crippen molar-refractivity contribution in [1.29, 1.82) is 0 Å². The summed E-state index contributed by atoms with van der Waals surface area (Å²) in [6.07, 6.45) is 0.775. The normalized spacial score (nSPS) is 10.4. The third-order valence-electron chi connectivity index (χ3n) is 2.96. The highest BCUT2D eigenvalue weighted by molar-refractivity contribution is 6.04. The minimum atomic E-state index is -0.146. The Hall–Kier alpha value is -2.23. The molecule has 0 saturated carbocycles. The predicted octanol–water partition coefficient (Wildman–Crippen LogP) is 3.09. The molecule has 0 unspecified atom stereocenters. The molecule has 4 heteroatoms. The number of nitrogens with zero attached hydrogens (tertiary/aromatic N) is 1. The van der Waals surface area contributed by atoms with Crippen LogP contribution >= 0.6 is 0 Å². The van der Waals surface area contributed by atoms with E-state index in [9.17, 15) is 4.79 Å². The molecule has 0 aliphatic carbocycles. The zero-order valence-electron chi connectivity index (χ0n) is 11.2. The first kappa shape index (κ1) is 13.2. The van der Waals surface area contributed by atoms with Crippen LogP contribution in [0.1, 0.15) is 30.2 Å². The molecule has 19 heavy (non-hydrogen) atoms. The van der Waals surface area contributed by atoms with E-state index < -0.39 is 0 Å². The van der Waals surface area contributed by atoms with Crippen LogP contribution in [0.5, 0.6) is 0 Å². The Balaban J connectivity index is 2.29. The number of benzene rings is 1. The first-order valence-corrected chi connectivity index (χ1v) is 6.41. The van der Waals surface area contributed by atoms with Gasteiger partial charge < -0.3 is 15.1 Å². The third-order valence-corrected chi connectivity index (χ3v) is 2.96. The second-order valence-corrected chi connectivity index (χ2v) is 4.26. The average molecular weight is 258 g/mol. The van der Waals surface area contributed by atoms with E-state index in [0.29, 0.717) is 18.0 Å². The van der Waals surface area contributed by atoms with E-state index in [1.807, 2.05) is 32.0 Å². The number of furan rings is 1. The summed E-state index contributed by atoms with van der Waals surface area (Å²) in [5.41, 5.74) is 7.17. The Morgan fingerprint density at radius 1 is 1.26 bits per heavy atom. The lowest BCUT2D eigenvalue weighted by molar-refractivity contribution is 0.0960. The maximum atomic E-state index is 12.4. The Morgan fingerprint density at radius 3 is 2.63 bits per heavy atom. The molecule has 2 N–H and O–H groups in total. The molecule has 0 fully saturated rings. The largest absolute Gasteiger partial charge is 0.456 e. The van der Waals surface area contributed by atoms with E-state index >= 15 is 0 Å². The lowest BCUT2D eigenvalue weighted by Gasteiger charge is -2.20. The van der Waals surface area contributed by atoms with E-state index in [0.717, 1.165) is 17.9 Å². The van der Waals surface area contributed by atoms with E-state index in [2.05, 4.69) is 0 Å². The number of carbonyl (C=O) groups excluding carboxylic acids is 1. The fourth-order valence-corrected chi connectivity index (χ4v) is 1.95. The zero-order chi connectivity index (χ0) is 13.8. The molecule has 100 valence electrons. The summed E-state index contributed by atoms with van der Waals surface area (Å²) in [5.74, 6) is 1.03. The second kappa shape index (κ2) is 5.61. The highest BCUT2D eigenvalue weighted by Gasteiger charge is 2.19. The molecule has 0 aliphatic heterocycles. The van der Waals surface area contributed by atoms with Crippen molar-refractivity contribution in [3.05, 3.63) is 47.9 Å². The van der Waals surface area contributed by atoms with Gasteiger partial charge in [-0.3, -0.25) is 4.79 Å². The van der Waals surface area contributed by atoms with E-state index in [1.54, 1.807) is 23.1 Å². The maximum absolute atomic E-state index is 12.4. The Labute approximate surface area is 112 Å². The van der Waals surface area contributed by atoms with Crippen LogP contribution in [0.3, 0.4) is 0 Å². The number of rotatable bonds is 4. The monoisotopic (exact) mass is 258 g/mol. The standard InChI is InChI=1S/C15H18N2O2/c1-3-13-8-9-14(19-13)15(18)17(4-2)12-7-5-6-11(16)10-12/h5-10H,3-4,16H2,1-2H3. The van der Waals surface area contributed by atoms with Gasteiger partial charge in [0, 0.05) is 24.3 Å². The van der Waals surface area contributed by atoms with Crippen molar-refractivity contribution in [3.8, 4) is 0 Å². The molecule has 0 aliphatic rings. The number of carbonyl (C=O) groups is 1. The molecule has 1 aromatic carbocycles. The molecule has 0 spiro atoms. The van der Waals surface area contributed by atoms with Crippen LogP contribution in [0.15, 0.2) is 40.8 Å². The fraction of sp³-hybridized carbons (Fsp3) is 0.267. The third kappa shape index (κ3) is 2.78. The molecule has 1 heterocycles. The molecule has 2 aromatic rings. The molecule has 0 radical (unpaired) electrons. The summed E-state index contributed by atoms with van der Waals surface area (Å²) in [7, 11) is 0. The lowest BCUT2D eigenvalue weighted by atomic mass is 10.2. The summed E-state index contributed by atoms with van der Waals surface area (Å²) < 4.78 is 5.51. The number of nitrogens with two attached hydrogens (primary N) is 1. The van der Waals surface area contributed by atoms with Gasteiger partial charge in [0.2, 0.25) is 0 Å². The van der Waals surface area contributed by atoms with Crippen LogP contribution in [0.4, 0.5) is 11.4 Å². The highest BCUT2D eigenvalue weighted by atomic mass is 16.4. The summed E-state index contributed by atoms with van der Waals surface area (Å²) >= 11 is 0. The van der Waals surface area contributed by atoms with Crippen molar-refractivity contribution < 1.29 is 9.21 Å². The number of hydrogen-bond acceptors (Lipinski definition) is 3. The van der Waals surface area contributed by atoms with Gasteiger partial charge in [0.15, 0.2) is 5.76 Å². The van der Waals surface area contributed by atoms with Gasteiger partial charge in [-0.1, -0.05) is 13.0 Å². The Bertz CT molecular complexity index is 575. The summed E-state index contributed by atoms with van der Waals surface area (Å²) in [5, 5.41) is 0. The van der Waals surface area contributed by atoms with Crippen molar-refractivity contribution >= 4 is 17.3 Å². The number of hydrogen-bond donors (Lipinski definition) is 1. The number of aryl methyl sites for hydroxylation is 1. The van der Waals surface area contributed by atoms with Gasteiger partial charge in [-0.05, 0) is 37.3 Å².